The molecule has 1 heterocycles. The number of hydrogen-bond donors (Lipinski definition) is 0. The van der Waals surface area contributed by atoms with E-state index in [1.54, 1.807) is 4.68 Å². The van der Waals surface area contributed by atoms with E-state index >= 15 is 0 Å². The third-order valence-corrected chi connectivity index (χ3v) is 4.43. The Bertz CT molecular complexity index is 629. The van der Waals surface area contributed by atoms with E-state index < -0.39 is 0 Å². The van der Waals surface area contributed by atoms with Gasteiger partial charge < -0.3 is 0 Å². The van der Waals surface area contributed by atoms with E-state index in [0.717, 1.165) is 24.2 Å². The zero-order valence-electron chi connectivity index (χ0n) is 14.6. The first-order valence-corrected chi connectivity index (χ1v) is 8.75. The van der Waals surface area contributed by atoms with Crippen molar-refractivity contribution < 1.29 is 4.79 Å². The predicted octanol–water partition coefficient (Wildman–Crippen LogP) is 4.90. The van der Waals surface area contributed by atoms with Crippen molar-refractivity contribution in [2.24, 2.45) is 0 Å². The van der Waals surface area contributed by atoms with E-state index in [-0.39, 0.29) is 5.91 Å². The second-order valence-electron chi connectivity index (χ2n) is 6.25. The molecule has 23 heavy (non-hydrogen) atoms. The minimum atomic E-state index is 0.0919. The highest BCUT2D eigenvalue weighted by Crippen LogP contribution is 2.17. The summed E-state index contributed by atoms with van der Waals surface area (Å²) in [6, 6.07) is 10.1. The van der Waals surface area contributed by atoms with Crippen LogP contribution in [0, 0.1) is 13.8 Å². The van der Waals surface area contributed by atoms with Gasteiger partial charge in [-0.2, -0.15) is 5.10 Å². The van der Waals surface area contributed by atoms with E-state index in [1.807, 2.05) is 32.0 Å². The fourth-order valence-corrected chi connectivity index (χ4v) is 3.01. The predicted molar refractivity (Wildman–Crippen MR) is 94.9 cm³/mol. The van der Waals surface area contributed by atoms with Crippen molar-refractivity contribution in [1.29, 1.82) is 0 Å². The molecule has 2 rings (SSSR count). The van der Waals surface area contributed by atoms with Gasteiger partial charge in [0.2, 0.25) is 5.91 Å². The van der Waals surface area contributed by atoms with Crippen molar-refractivity contribution in [3.63, 3.8) is 0 Å². The summed E-state index contributed by atoms with van der Waals surface area (Å²) in [5, 5.41) is 4.49. The van der Waals surface area contributed by atoms with Crippen LogP contribution in [0.4, 0.5) is 0 Å². The largest absolute Gasteiger partial charge is 0.273 e. The van der Waals surface area contributed by atoms with E-state index in [2.05, 4.69) is 24.2 Å². The van der Waals surface area contributed by atoms with Crippen LogP contribution in [0.3, 0.4) is 0 Å². The SMILES string of the molecule is CCCCCCc1c(C)nn(C(=O)CCc2ccccc2)c1C. The number of carbonyl (C=O) groups excluding carboxylic acids is 1. The number of carbonyl (C=O) groups is 1. The minimum absolute atomic E-state index is 0.0919. The van der Waals surface area contributed by atoms with Crippen molar-refractivity contribution in [3.8, 4) is 0 Å². The summed E-state index contributed by atoms with van der Waals surface area (Å²) in [4.78, 5) is 12.5. The summed E-state index contributed by atoms with van der Waals surface area (Å²) in [6.45, 7) is 6.26. The number of aryl methyl sites for hydroxylation is 2. The van der Waals surface area contributed by atoms with E-state index in [4.69, 9.17) is 0 Å². The second-order valence-corrected chi connectivity index (χ2v) is 6.25. The lowest BCUT2D eigenvalue weighted by Gasteiger charge is -2.05. The number of nitrogens with zero attached hydrogens (tertiary/aromatic N) is 2. The van der Waals surface area contributed by atoms with Crippen molar-refractivity contribution in [2.75, 3.05) is 0 Å². The van der Waals surface area contributed by atoms with Gasteiger partial charge in [-0.25, -0.2) is 4.68 Å². The summed E-state index contributed by atoms with van der Waals surface area (Å²) in [6.07, 6.45) is 7.26. The van der Waals surface area contributed by atoms with E-state index in [9.17, 15) is 4.79 Å². The maximum Gasteiger partial charge on any atom is 0.247 e. The molecular formula is C20H28N2O. The molecule has 0 aliphatic carbocycles. The molecule has 0 fully saturated rings. The molecule has 1 aromatic carbocycles. The van der Waals surface area contributed by atoms with Crippen molar-refractivity contribution in [2.45, 2.75) is 65.7 Å². The lowest BCUT2D eigenvalue weighted by Crippen LogP contribution is -2.15. The summed E-state index contributed by atoms with van der Waals surface area (Å²) in [7, 11) is 0. The van der Waals surface area contributed by atoms with Gasteiger partial charge in [0.1, 0.15) is 0 Å². The molecule has 3 nitrogen and oxygen atoms in total. The van der Waals surface area contributed by atoms with Gasteiger partial charge in [0.15, 0.2) is 0 Å². The van der Waals surface area contributed by atoms with Gasteiger partial charge in [-0.15, -0.1) is 0 Å². The average molecular weight is 312 g/mol. The van der Waals surface area contributed by atoms with Gasteiger partial charge in [-0.1, -0.05) is 56.5 Å². The highest BCUT2D eigenvalue weighted by molar-refractivity contribution is 5.79. The zero-order chi connectivity index (χ0) is 16.7. The van der Waals surface area contributed by atoms with Crippen molar-refractivity contribution in [3.05, 3.63) is 52.8 Å². The Kier molecular flexibility index (Phi) is 6.57. The standard InChI is InChI=1S/C20H28N2O/c1-4-5-6-10-13-19-16(2)21-22(17(19)3)20(23)15-14-18-11-8-7-9-12-18/h7-9,11-12H,4-6,10,13-15H2,1-3H3. The fourth-order valence-electron chi connectivity index (χ4n) is 3.01. The molecular weight excluding hydrogens is 284 g/mol. The van der Waals surface area contributed by atoms with Gasteiger partial charge >= 0.3 is 0 Å². The Hall–Kier alpha value is -1.90. The second kappa shape index (κ2) is 8.66. The van der Waals surface area contributed by atoms with Crippen LogP contribution in [0.2, 0.25) is 0 Å². The summed E-state index contributed by atoms with van der Waals surface area (Å²) in [5.41, 5.74) is 4.49. The summed E-state index contributed by atoms with van der Waals surface area (Å²) in [5.74, 6) is 0.0919. The van der Waals surface area contributed by atoms with Crippen LogP contribution < -0.4 is 0 Å². The zero-order valence-corrected chi connectivity index (χ0v) is 14.6. The molecule has 0 bridgehead atoms. The molecule has 0 N–H and O–H groups in total. The normalized spacial score (nSPS) is 10.9. The van der Waals surface area contributed by atoms with Crippen molar-refractivity contribution in [1.82, 2.24) is 9.78 Å². The molecule has 0 radical (unpaired) electrons. The monoisotopic (exact) mass is 312 g/mol. The van der Waals surface area contributed by atoms with Gasteiger partial charge in [-0.3, -0.25) is 4.79 Å². The molecule has 0 aliphatic rings. The lowest BCUT2D eigenvalue weighted by atomic mass is 10.0. The Morgan fingerprint density at radius 2 is 1.78 bits per heavy atom. The molecule has 1 aromatic heterocycles. The smallest absolute Gasteiger partial charge is 0.247 e. The van der Waals surface area contributed by atoms with Crippen LogP contribution >= 0.6 is 0 Å². The number of unbranched alkanes of at least 4 members (excludes halogenated alkanes) is 3. The first-order chi connectivity index (χ1) is 11.1. The molecule has 0 saturated heterocycles. The molecule has 0 unspecified atom stereocenters. The minimum Gasteiger partial charge on any atom is -0.273 e. The lowest BCUT2D eigenvalue weighted by molar-refractivity contribution is 0.0884. The van der Waals surface area contributed by atoms with Gasteiger partial charge in [-0.05, 0) is 44.2 Å². The van der Waals surface area contributed by atoms with Gasteiger partial charge in [0, 0.05) is 12.1 Å². The Labute approximate surface area is 139 Å². The topological polar surface area (TPSA) is 34.9 Å². The fraction of sp³-hybridized carbons (Fsp3) is 0.500. The molecule has 0 atom stereocenters. The van der Waals surface area contributed by atoms with Gasteiger partial charge in [0.05, 0.1) is 5.69 Å². The summed E-state index contributed by atoms with van der Waals surface area (Å²) >= 11 is 0. The van der Waals surface area contributed by atoms with Crippen LogP contribution in [0.5, 0.6) is 0 Å². The van der Waals surface area contributed by atoms with Crippen LogP contribution in [0.25, 0.3) is 0 Å². The number of aromatic nitrogens is 2. The number of rotatable bonds is 8. The quantitative estimate of drug-likeness (QED) is 0.650. The van der Waals surface area contributed by atoms with E-state index in [0.29, 0.717) is 6.42 Å². The highest BCUT2D eigenvalue weighted by atomic mass is 16.2. The van der Waals surface area contributed by atoms with E-state index in [1.165, 1.54) is 36.8 Å². The van der Waals surface area contributed by atoms with Crippen LogP contribution in [0.15, 0.2) is 30.3 Å². The van der Waals surface area contributed by atoms with Crippen LogP contribution in [-0.4, -0.2) is 15.7 Å². The molecule has 2 aromatic rings. The Morgan fingerprint density at radius 1 is 1.04 bits per heavy atom. The third kappa shape index (κ3) is 4.78. The molecule has 0 saturated carbocycles. The van der Waals surface area contributed by atoms with Crippen LogP contribution in [-0.2, 0) is 12.8 Å². The Balaban J connectivity index is 1.97. The van der Waals surface area contributed by atoms with Gasteiger partial charge in [0.25, 0.3) is 0 Å². The first-order valence-electron chi connectivity index (χ1n) is 8.75. The maximum absolute atomic E-state index is 12.5. The molecule has 0 spiro atoms. The maximum atomic E-state index is 12.5. The van der Waals surface area contributed by atoms with Crippen molar-refractivity contribution >= 4 is 5.91 Å². The number of hydrogen-bond acceptors (Lipinski definition) is 2. The number of benzene rings is 1. The van der Waals surface area contributed by atoms with Crippen LogP contribution in [0.1, 0.15) is 66.3 Å². The average Bonchev–Trinajstić information content (AvgIpc) is 2.85. The third-order valence-electron chi connectivity index (χ3n) is 4.43. The highest BCUT2D eigenvalue weighted by Gasteiger charge is 2.16. The first kappa shape index (κ1) is 17.5. The molecule has 3 heteroatoms. The molecule has 0 amide bonds. The molecule has 0 aliphatic heterocycles. The Morgan fingerprint density at radius 3 is 2.48 bits per heavy atom. The molecule has 124 valence electrons. The summed E-state index contributed by atoms with van der Waals surface area (Å²) < 4.78 is 1.62.